The van der Waals surface area contributed by atoms with Gasteiger partial charge in [-0.15, -0.1) is 6.58 Å². The lowest BCUT2D eigenvalue weighted by Gasteiger charge is -2.41. The van der Waals surface area contributed by atoms with E-state index < -0.39 is 8.32 Å². The molecule has 0 saturated heterocycles. The Hall–Kier alpha value is -0.613. The van der Waals surface area contributed by atoms with Gasteiger partial charge in [-0.05, 0) is 96.2 Å². The Kier molecular flexibility index (Phi) is 8.40. The molecule has 3 unspecified atom stereocenters. The van der Waals surface area contributed by atoms with Gasteiger partial charge in [-0.1, -0.05) is 17.7 Å². The van der Waals surface area contributed by atoms with Crippen LogP contribution in [0, 0.1) is 11.8 Å². The summed E-state index contributed by atoms with van der Waals surface area (Å²) >= 11 is 0. The van der Waals surface area contributed by atoms with Crippen molar-refractivity contribution < 1.29 is 9.26 Å². The van der Waals surface area contributed by atoms with Gasteiger partial charge < -0.3 is 9.26 Å². The summed E-state index contributed by atoms with van der Waals surface area (Å²) in [5, 5.41) is 4.28. The van der Waals surface area contributed by atoms with E-state index in [2.05, 4.69) is 37.5 Å². The Balaban J connectivity index is 1.98. The maximum absolute atomic E-state index is 6.93. The van der Waals surface area contributed by atoms with E-state index in [1.54, 1.807) is 7.11 Å². The van der Waals surface area contributed by atoms with Crippen molar-refractivity contribution in [1.82, 2.24) is 0 Å². The third kappa shape index (κ3) is 6.23. The van der Waals surface area contributed by atoms with E-state index in [1.807, 2.05) is 0 Å². The zero-order valence-corrected chi connectivity index (χ0v) is 18.7. The molecular weight excluding hydrogens is 338 g/mol. The van der Waals surface area contributed by atoms with Crippen molar-refractivity contribution in [1.29, 1.82) is 0 Å². The predicted octanol–water partition coefficient (Wildman–Crippen LogP) is 6.71. The number of oxime groups is 1. The molecule has 0 radical (unpaired) electrons. The zero-order valence-electron chi connectivity index (χ0n) is 17.7. The molecule has 0 aromatic rings. The Morgan fingerprint density at radius 1 is 1.19 bits per heavy atom. The number of hydrogen-bond donors (Lipinski definition) is 0. The van der Waals surface area contributed by atoms with Crippen LogP contribution in [0.5, 0.6) is 0 Å². The highest BCUT2D eigenvalue weighted by molar-refractivity contribution is 6.69. The molecule has 150 valence electrons. The molecule has 0 heterocycles. The Morgan fingerprint density at radius 2 is 2.00 bits per heavy atom. The van der Waals surface area contributed by atoms with Gasteiger partial charge in [-0.2, -0.15) is 0 Å². The van der Waals surface area contributed by atoms with Gasteiger partial charge >= 0.3 is 0 Å². The summed E-state index contributed by atoms with van der Waals surface area (Å²) in [7, 11) is 0.117. The minimum atomic E-state index is -1.56. The minimum absolute atomic E-state index is 0.142. The fourth-order valence-electron chi connectivity index (χ4n) is 5.25. The van der Waals surface area contributed by atoms with E-state index in [9.17, 15) is 0 Å². The first-order valence-corrected chi connectivity index (χ1v) is 14.2. The van der Waals surface area contributed by atoms with Crippen molar-refractivity contribution in [3.8, 4) is 0 Å². The normalized spacial score (nSPS) is 30.8. The lowest BCUT2D eigenvalue weighted by molar-refractivity contribution is 0.00662. The Labute approximate surface area is 162 Å². The molecule has 4 heteroatoms. The van der Waals surface area contributed by atoms with Crippen LogP contribution in [0.2, 0.25) is 19.6 Å². The number of nitrogens with zero attached hydrogens (tertiary/aromatic N) is 1. The quantitative estimate of drug-likeness (QED) is 0.173. The summed E-state index contributed by atoms with van der Waals surface area (Å²) in [6, 6.07) is 0. The van der Waals surface area contributed by atoms with Gasteiger partial charge in [0.05, 0.1) is 11.3 Å². The molecule has 26 heavy (non-hydrogen) atoms. The van der Waals surface area contributed by atoms with Gasteiger partial charge in [-0.25, -0.2) is 0 Å². The van der Waals surface area contributed by atoms with E-state index in [1.165, 1.54) is 69.9 Å². The van der Waals surface area contributed by atoms with Crippen LogP contribution in [0.1, 0.15) is 77.0 Å². The Bertz CT molecular complexity index is 471. The smallest absolute Gasteiger partial charge is 0.184 e. The van der Waals surface area contributed by atoms with Crippen LogP contribution < -0.4 is 0 Å². The molecule has 3 nitrogen and oxygen atoms in total. The van der Waals surface area contributed by atoms with Crippen LogP contribution in [0.25, 0.3) is 0 Å². The molecule has 0 aliphatic heterocycles. The molecule has 2 rings (SSSR count). The number of allylic oxidation sites excluding steroid dienone is 1. The molecule has 0 aromatic heterocycles. The molecule has 2 aliphatic carbocycles. The molecule has 0 amide bonds. The van der Waals surface area contributed by atoms with Gasteiger partial charge in [0.2, 0.25) is 0 Å². The van der Waals surface area contributed by atoms with Gasteiger partial charge in [0.1, 0.15) is 7.11 Å². The third-order valence-electron chi connectivity index (χ3n) is 6.18. The lowest BCUT2D eigenvalue weighted by atomic mass is 9.82. The maximum Gasteiger partial charge on any atom is 0.184 e. The fraction of sp³-hybridized carbons (Fsp3) is 0.864. The molecule has 2 aliphatic rings. The summed E-state index contributed by atoms with van der Waals surface area (Å²) in [6.07, 6.45) is 17.1. The first kappa shape index (κ1) is 21.7. The van der Waals surface area contributed by atoms with Crippen LogP contribution >= 0.6 is 0 Å². The number of unbranched alkanes of at least 4 members (excludes halogenated alkanes) is 1. The van der Waals surface area contributed by atoms with Crippen molar-refractivity contribution in [3.63, 3.8) is 0 Å². The van der Waals surface area contributed by atoms with E-state index in [4.69, 9.17) is 9.26 Å². The van der Waals surface area contributed by atoms with Gasteiger partial charge in [0.25, 0.3) is 0 Å². The van der Waals surface area contributed by atoms with E-state index in [-0.39, 0.29) is 5.60 Å². The topological polar surface area (TPSA) is 30.8 Å². The van der Waals surface area contributed by atoms with Gasteiger partial charge in [-0.3, -0.25) is 0 Å². The lowest BCUT2D eigenvalue weighted by Crippen LogP contribution is -2.45. The fourth-order valence-corrected chi connectivity index (χ4v) is 6.84. The third-order valence-corrected chi connectivity index (χ3v) is 7.20. The van der Waals surface area contributed by atoms with Crippen LogP contribution in [-0.2, 0) is 9.26 Å². The van der Waals surface area contributed by atoms with E-state index in [0.717, 1.165) is 18.8 Å². The molecule has 3 atom stereocenters. The minimum Gasteiger partial charge on any atom is -0.412 e. The average molecular weight is 380 g/mol. The largest absolute Gasteiger partial charge is 0.412 e. The summed E-state index contributed by atoms with van der Waals surface area (Å²) < 4.78 is 6.93. The highest BCUT2D eigenvalue weighted by Crippen LogP contribution is 2.47. The van der Waals surface area contributed by atoms with Crippen molar-refractivity contribution in [2.75, 3.05) is 7.11 Å². The summed E-state index contributed by atoms with van der Waals surface area (Å²) in [5.74, 6) is 1.38. The number of rotatable bonds is 11. The summed E-state index contributed by atoms with van der Waals surface area (Å²) in [5.41, 5.74) is 1.43. The maximum atomic E-state index is 6.93. The van der Waals surface area contributed by atoms with Crippen molar-refractivity contribution in [2.45, 2.75) is 102 Å². The van der Waals surface area contributed by atoms with E-state index in [0.29, 0.717) is 5.92 Å². The van der Waals surface area contributed by atoms with Crippen LogP contribution in [0.4, 0.5) is 0 Å². The number of hydrogen-bond acceptors (Lipinski definition) is 3. The summed E-state index contributed by atoms with van der Waals surface area (Å²) in [4.78, 5) is 5.05. The molecule has 0 N–H and O–H groups in total. The van der Waals surface area contributed by atoms with Crippen molar-refractivity contribution >= 4 is 14.0 Å². The molecular formula is C22H41NO2Si. The van der Waals surface area contributed by atoms with Crippen molar-refractivity contribution in [3.05, 3.63) is 12.7 Å². The van der Waals surface area contributed by atoms with Gasteiger partial charge in [0, 0.05) is 5.92 Å². The molecule has 2 fully saturated rings. The average Bonchev–Trinajstić information content (AvgIpc) is 3.15. The highest BCUT2D eigenvalue weighted by atomic mass is 28.4. The van der Waals surface area contributed by atoms with Crippen LogP contribution in [0.3, 0.4) is 0 Å². The molecule has 0 aromatic carbocycles. The molecule has 2 saturated carbocycles. The zero-order chi connectivity index (χ0) is 19.0. The standard InChI is InChI=1S/C22H41NO2Si/c1-6-7-8-14-20-15-11-18-22(20,25-26(3,4)5)17-10-13-19-12-9-16-21(19)23-24-2/h6,19-20H,1,7-18H2,2-5H3/b23-21-. The highest BCUT2D eigenvalue weighted by Gasteiger charge is 2.45. The van der Waals surface area contributed by atoms with Crippen molar-refractivity contribution in [2.24, 2.45) is 17.0 Å². The second-order valence-corrected chi connectivity index (χ2v) is 13.8. The monoisotopic (exact) mass is 379 g/mol. The predicted molar refractivity (Wildman–Crippen MR) is 114 cm³/mol. The van der Waals surface area contributed by atoms with Crippen LogP contribution in [0.15, 0.2) is 17.8 Å². The van der Waals surface area contributed by atoms with Crippen LogP contribution in [-0.4, -0.2) is 26.7 Å². The summed E-state index contributed by atoms with van der Waals surface area (Å²) in [6.45, 7) is 11.0. The van der Waals surface area contributed by atoms with Gasteiger partial charge in [0.15, 0.2) is 8.32 Å². The molecule has 0 bridgehead atoms. The first-order chi connectivity index (χ1) is 12.4. The second-order valence-electron chi connectivity index (χ2n) is 9.33. The SMILES string of the molecule is C=CCCCC1CCCC1(CCCC1CCC/C1=N/OC)O[Si](C)(C)C. The Morgan fingerprint density at radius 3 is 2.69 bits per heavy atom. The molecule has 0 spiro atoms. The second kappa shape index (κ2) is 10.1. The first-order valence-electron chi connectivity index (χ1n) is 10.8. The van der Waals surface area contributed by atoms with E-state index >= 15 is 0 Å².